The lowest BCUT2D eigenvalue weighted by atomic mass is 10.2. The first-order valence-corrected chi connectivity index (χ1v) is 10.6. The normalized spacial score (nSPS) is 10.9. The molecule has 10 heteroatoms. The maximum Gasteiger partial charge on any atom is 0.418 e. The average Bonchev–Trinajstić information content (AvgIpc) is 3.34. The van der Waals surface area contributed by atoms with Crippen LogP contribution in [0, 0.1) is 13.8 Å². The maximum absolute atomic E-state index is 12.4. The molecule has 0 aliphatic heterocycles. The summed E-state index contributed by atoms with van der Waals surface area (Å²) in [5.41, 5.74) is 4.82. The number of aryl methyl sites for hydroxylation is 3. The fraction of sp³-hybridized carbons (Fsp3) is 0.125. The van der Waals surface area contributed by atoms with E-state index < -0.39 is 6.09 Å². The molecule has 3 heterocycles. The molecule has 0 bridgehead atoms. The molecule has 3 aromatic heterocycles. The quantitative estimate of drug-likeness (QED) is 0.401. The molecule has 5 rings (SSSR count). The molecule has 170 valence electrons. The van der Waals surface area contributed by atoms with Crippen molar-refractivity contribution in [1.82, 2.24) is 29.3 Å². The van der Waals surface area contributed by atoms with Gasteiger partial charge in [-0.05, 0) is 49.7 Å². The number of nitrogens with one attached hydrogen (secondary N) is 2. The van der Waals surface area contributed by atoms with E-state index in [1.54, 1.807) is 19.3 Å². The third-order valence-corrected chi connectivity index (χ3v) is 5.24. The minimum absolute atomic E-state index is 0.360. The number of amides is 1. The number of nitrogens with zero attached hydrogens (tertiary/aromatic N) is 6. The fourth-order valence-electron chi connectivity index (χ4n) is 3.63. The minimum Gasteiger partial charge on any atom is -0.391 e. The molecule has 0 fully saturated rings. The molecule has 0 unspecified atom stereocenters. The smallest absolute Gasteiger partial charge is 0.391 e. The Bertz CT molecular complexity index is 1490. The molecule has 0 atom stereocenters. The van der Waals surface area contributed by atoms with Crippen molar-refractivity contribution in [3.63, 3.8) is 0 Å². The lowest BCUT2D eigenvalue weighted by Gasteiger charge is -2.13. The molecular weight excluding hydrogens is 432 g/mol. The van der Waals surface area contributed by atoms with E-state index in [1.165, 1.54) is 11.0 Å². The molecule has 2 N–H and O–H groups in total. The molecule has 0 aliphatic rings. The summed E-state index contributed by atoms with van der Waals surface area (Å²) < 4.78 is 8.81. The molecule has 0 saturated heterocycles. The summed E-state index contributed by atoms with van der Waals surface area (Å²) >= 11 is 0. The monoisotopic (exact) mass is 454 g/mol. The zero-order valence-electron chi connectivity index (χ0n) is 18.9. The average molecular weight is 454 g/mol. The molecule has 2 aromatic carbocycles. The molecule has 0 radical (unpaired) electrons. The van der Waals surface area contributed by atoms with E-state index in [2.05, 4.69) is 25.7 Å². The predicted molar refractivity (Wildman–Crippen MR) is 129 cm³/mol. The van der Waals surface area contributed by atoms with Gasteiger partial charge in [-0.1, -0.05) is 18.2 Å². The van der Waals surface area contributed by atoms with Crippen LogP contribution in [-0.2, 0) is 7.05 Å². The molecule has 0 saturated carbocycles. The number of anilines is 3. The van der Waals surface area contributed by atoms with Crippen LogP contribution < -0.4 is 15.4 Å². The van der Waals surface area contributed by atoms with E-state index in [0.717, 1.165) is 28.0 Å². The number of ether oxygens (including phenoxy) is 1. The van der Waals surface area contributed by atoms with Crippen LogP contribution in [0.5, 0.6) is 5.88 Å². The summed E-state index contributed by atoms with van der Waals surface area (Å²) in [7, 11) is 1.72. The summed E-state index contributed by atoms with van der Waals surface area (Å²) in [6.45, 7) is 3.80. The zero-order valence-corrected chi connectivity index (χ0v) is 18.9. The van der Waals surface area contributed by atoms with Crippen molar-refractivity contribution in [3.05, 3.63) is 78.4 Å². The van der Waals surface area contributed by atoms with E-state index in [1.807, 2.05) is 66.9 Å². The number of aromatic nitrogens is 6. The third-order valence-electron chi connectivity index (χ3n) is 5.24. The molecule has 10 nitrogen and oxygen atoms in total. The highest BCUT2D eigenvalue weighted by Gasteiger charge is 2.15. The Morgan fingerprint density at radius 2 is 1.91 bits per heavy atom. The number of imidazole rings is 1. The first kappa shape index (κ1) is 21.1. The minimum atomic E-state index is -0.606. The summed E-state index contributed by atoms with van der Waals surface area (Å²) in [5, 5.41) is 10.3. The molecule has 34 heavy (non-hydrogen) atoms. The first-order chi connectivity index (χ1) is 16.5. The van der Waals surface area contributed by atoms with Crippen LogP contribution in [0.15, 0.2) is 67.1 Å². The van der Waals surface area contributed by atoms with Crippen molar-refractivity contribution < 1.29 is 9.53 Å². The van der Waals surface area contributed by atoms with Gasteiger partial charge in [0.15, 0.2) is 0 Å². The van der Waals surface area contributed by atoms with Gasteiger partial charge in [-0.3, -0.25) is 9.88 Å². The Balaban J connectivity index is 1.44. The van der Waals surface area contributed by atoms with Gasteiger partial charge in [0.25, 0.3) is 0 Å². The number of hydrogen-bond donors (Lipinski definition) is 2. The van der Waals surface area contributed by atoms with Crippen LogP contribution in [-0.4, -0.2) is 35.4 Å². The Morgan fingerprint density at radius 1 is 1.06 bits per heavy atom. The van der Waals surface area contributed by atoms with Gasteiger partial charge in [-0.15, -0.1) is 0 Å². The van der Waals surface area contributed by atoms with Crippen LogP contribution >= 0.6 is 0 Å². The molecule has 1 amide bonds. The van der Waals surface area contributed by atoms with E-state index in [9.17, 15) is 4.79 Å². The molecule has 0 spiro atoms. The highest BCUT2D eigenvalue weighted by atomic mass is 16.6. The van der Waals surface area contributed by atoms with Gasteiger partial charge in [0.05, 0.1) is 16.7 Å². The number of hydrogen-bond acceptors (Lipinski definition) is 7. The Labute approximate surface area is 195 Å². The van der Waals surface area contributed by atoms with E-state index in [0.29, 0.717) is 23.3 Å². The number of carbonyl (C=O) groups is 1. The Kier molecular flexibility index (Phi) is 5.38. The van der Waals surface area contributed by atoms with Crippen molar-refractivity contribution in [2.45, 2.75) is 13.8 Å². The van der Waals surface area contributed by atoms with E-state index >= 15 is 0 Å². The largest absolute Gasteiger partial charge is 0.418 e. The van der Waals surface area contributed by atoms with Gasteiger partial charge in [0, 0.05) is 30.7 Å². The number of fused-ring (bicyclic) bond motifs is 1. The van der Waals surface area contributed by atoms with Gasteiger partial charge in [-0.25, -0.2) is 24.4 Å². The van der Waals surface area contributed by atoms with Gasteiger partial charge in [-0.2, -0.15) is 5.10 Å². The van der Waals surface area contributed by atoms with Crippen LogP contribution in [0.4, 0.5) is 22.1 Å². The van der Waals surface area contributed by atoms with Crippen molar-refractivity contribution >= 4 is 34.4 Å². The van der Waals surface area contributed by atoms with Gasteiger partial charge >= 0.3 is 6.09 Å². The lowest BCUT2D eigenvalue weighted by molar-refractivity contribution is 0.211. The summed E-state index contributed by atoms with van der Waals surface area (Å²) in [6, 6.07) is 16.9. The predicted octanol–water partition coefficient (Wildman–Crippen LogP) is 4.52. The SMILES string of the molecule is Cc1cc(OC(=O)Nc2ccc(C)c(Nc3nc4ccccc4n3-c3ccncn3)c2)n(C)n1. The van der Waals surface area contributed by atoms with Crippen molar-refractivity contribution in [1.29, 1.82) is 0 Å². The number of benzene rings is 2. The first-order valence-electron chi connectivity index (χ1n) is 10.6. The Morgan fingerprint density at radius 3 is 2.68 bits per heavy atom. The molecular formula is C24H22N8O2. The summed E-state index contributed by atoms with van der Waals surface area (Å²) in [6.07, 6.45) is 2.58. The van der Waals surface area contributed by atoms with E-state index in [-0.39, 0.29) is 0 Å². The molecule has 5 aromatic rings. The highest BCUT2D eigenvalue weighted by Crippen LogP contribution is 2.29. The maximum atomic E-state index is 12.4. The second-order valence-electron chi connectivity index (χ2n) is 7.74. The second-order valence-corrected chi connectivity index (χ2v) is 7.74. The van der Waals surface area contributed by atoms with Crippen LogP contribution in [0.2, 0.25) is 0 Å². The second kappa shape index (κ2) is 8.66. The van der Waals surface area contributed by atoms with Crippen LogP contribution in [0.1, 0.15) is 11.3 Å². The number of carbonyl (C=O) groups excluding carboxylic acids is 1. The summed E-state index contributed by atoms with van der Waals surface area (Å²) in [4.78, 5) is 25.6. The highest BCUT2D eigenvalue weighted by molar-refractivity contribution is 5.88. The topological polar surface area (TPSA) is 112 Å². The van der Waals surface area contributed by atoms with Crippen LogP contribution in [0.25, 0.3) is 16.9 Å². The lowest BCUT2D eigenvalue weighted by Crippen LogP contribution is -2.18. The van der Waals surface area contributed by atoms with Gasteiger partial charge in [0.1, 0.15) is 12.1 Å². The van der Waals surface area contributed by atoms with Gasteiger partial charge in [0.2, 0.25) is 11.8 Å². The number of rotatable bonds is 5. The Hall–Kier alpha value is -4.73. The third kappa shape index (κ3) is 4.16. The zero-order chi connectivity index (χ0) is 23.7. The standard InChI is InChI=1S/C24H22N8O2/c1-15-8-9-17(27-24(33)34-22-12-16(2)30-31(22)3)13-19(15)29-23-28-18-6-4-5-7-20(18)32(23)21-10-11-25-14-26-21/h4-14H,1-3H3,(H,27,33)(H,28,29). The van der Waals surface area contributed by atoms with Crippen molar-refractivity contribution in [2.75, 3.05) is 10.6 Å². The van der Waals surface area contributed by atoms with E-state index in [4.69, 9.17) is 9.72 Å². The van der Waals surface area contributed by atoms with Crippen LogP contribution in [0.3, 0.4) is 0 Å². The molecule has 0 aliphatic carbocycles. The summed E-state index contributed by atoms with van der Waals surface area (Å²) in [5.74, 6) is 1.64. The number of para-hydroxylation sites is 2. The van der Waals surface area contributed by atoms with Crippen molar-refractivity contribution in [2.24, 2.45) is 7.05 Å². The fourth-order valence-corrected chi connectivity index (χ4v) is 3.63. The van der Waals surface area contributed by atoms with Gasteiger partial charge < -0.3 is 10.1 Å². The van der Waals surface area contributed by atoms with Crippen molar-refractivity contribution in [3.8, 4) is 11.7 Å².